The van der Waals surface area contributed by atoms with Crippen LogP contribution in [0.15, 0.2) is 48.5 Å². The minimum Gasteiger partial charge on any atom is -0.354 e. The van der Waals surface area contributed by atoms with Crippen LogP contribution in [0.25, 0.3) is 0 Å². The number of halogens is 1. The number of aryl methyl sites for hydroxylation is 1. The number of amides is 2. The van der Waals surface area contributed by atoms with E-state index < -0.39 is 16.1 Å². The molecule has 1 atom stereocenters. The van der Waals surface area contributed by atoms with Crippen LogP contribution < -0.4 is 9.62 Å². The molecular weight excluding hydrogens is 498 g/mol. The molecule has 0 aliphatic rings. The second-order valence-electron chi connectivity index (χ2n) is 8.95. The Morgan fingerprint density at radius 1 is 1.06 bits per heavy atom. The highest BCUT2D eigenvalue weighted by molar-refractivity contribution is 7.92. The summed E-state index contributed by atoms with van der Waals surface area (Å²) < 4.78 is 26.4. The van der Waals surface area contributed by atoms with Crippen molar-refractivity contribution in [3.05, 3.63) is 64.7 Å². The molecule has 0 aromatic heterocycles. The summed E-state index contributed by atoms with van der Waals surface area (Å²) in [6, 6.07) is 14.1. The first-order chi connectivity index (χ1) is 17.1. The van der Waals surface area contributed by atoms with E-state index in [0.717, 1.165) is 30.2 Å². The van der Waals surface area contributed by atoms with Crippen LogP contribution in [0.1, 0.15) is 57.1 Å². The molecule has 1 N–H and O–H groups in total. The van der Waals surface area contributed by atoms with E-state index in [2.05, 4.69) is 12.2 Å². The molecule has 36 heavy (non-hydrogen) atoms. The Morgan fingerprint density at radius 2 is 1.75 bits per heavy atom. The lowest BCUT2D eigenvalue weighted by Crippen LogP contribution is -2.49. The van der Waals surface area contributed by atoms with Crippen molar-refractivity contribution in [3.8, 4) is 0 Å². The van der Waals surface area contributed by atoms with Gasteiger partial charge in [0.1, 0.15) is 6.04 Å². The predicted octanol–water partition coefficient (Wildman–Crippen LogP) is 4.92. The van der Waals surface area contributed by atoms with Crippen LogP contribution in [-0.2, 0) is 26.2 Å². The zero-order chi connectivity index (χ0) is 26.7. The molecule has 0 aliphatic carbocycles. The minimum atomic E-state index is -3.59. The number of rotatable bonds is 14. The zero-order valence-electron chi connectivity index (χ0n) is 21.7. The fourth-order valence-electron chi connectivity index (χ4n) is 4.04. The maximum Gasteiger partial charge on any atom is 0.242 e. The van der Waals surface area contributed by atoms with Gasteiger partial charge in [-0.25, -0.2) is 8.42 Å². The number of nitrogens with zero attached hydrogens (tertiary/aromatic N) is 2. The van der Waals surface area contributed by atoms with E-state index in [1.54, 1.807) is 23.1 Å². The summed E-state index contributed by atoms with van der Waals surface area (Å²) in [5, 5.41) is 3.39. The molecule has 2 aromatic rings. The van der Waals surface area contributed by atoms with Gasteiger partial charge >= 0.3 is 0 Å². The first-order valence-corrected chi connectivity index (χ1v) is 14.7. The number of hydrogen-bond donors (Lipinski definition) is 1. The third-order valence-corrected chi connectivity index (χ3v) is 7.42. The van der Waals surface area contributed by atoms with Gasteiger partial charge in [-0.1, -0.05) is 68.3 Å². The van der Waals surface area contributed by atoms with Crippen molar-refractivity contribution < 1.29 is 18.0 Å². The lowest BCUT2D eigenvalue weighted by molar-refractivity contribution is -0.141. The molecule has 0 fully saturated rings. The van der Waals surface area contributed by atoms with Crippen molar-refractivity contribution in [3.63, 3.8) is 0 Å². The largest absolute Gasteiger partial charge is 0.354 e. The van der Waals surface area contributed by atoms with Gasteiger partial charge in [-0.15, -0.1) is 0 Å². The smallest absolute Gasteiger partial charge is 0.242 e. The number of sulfonamides is 1. The number of carbonyl (C=O) groups is 2. The first-order valence-electron chi connectivity index (χ1n) is 12.4. The Labute approximate surface area is 220 Å². The molecule has 0 heterocycles. The first kappa shape index (κ1) is 29.6. The molecule has 0 saturated carbocycles. The third kappa shape index (κ3) is 8.82. The Hall–Kier alpha value is -2.58. The van der Waals surface area contributed by atoms with Crippen LogP contribution in [-0.4, -0.2) is 50.5 Å². The van der Waals surface area contributed by atoms with Gasteiger partial charge in [0.25, 0.3) is 0 Å². The maximum atomic E-state index is 13.4. The number of benzene rings is 2. The molecule has 0 saturated heterocycles. The van der Waals surface area contributed by atoms with Gasteiger partial charge in [0.15, 0.2) is 0 Å². The highest BCUT2D eigenvalue weighted by Crippen LogP contribution is 2.27. The lowest BCUT2D eigenvalue weighted by atomic mass is 10.1. The topological polar surface area (TPSA) is 86.8 Å². The van der Waals surface area contributed by atoms with E-state index in [-0.39, 0.29) is 24.8 Å². The zero-order valence-corrected chi connectivity index (χ0v) is 23.2. The molecule has 198 valence electrons. The molecule has 2 rings (SSSR count). The van der Waals surface area contributed by atoms with Crippen LogP contribution in [0, 0.1) is 6.92 Å². The van der Waals surface area contributed by atoms with E-state index in [1.165, 1.54) is 4.31 Å². The molecule has 0 aliphatic heterocycles. The normalized spacial score (nSPS) is 12.1. The van der Waals surface area contributed by atoms with E-state index >= 15 is 0 Å². The fraction of sp³-hybridized carbons (Fsp3) is 0.481. The number of nitrogens with one attached hydrogen (secondary N) is 1. The van der Waals surface area contributed by atoms with Crippen LogP contribution >= 0.6 is 11.6 Å². The molecule has 1 unspecified atom stereocenters. The lowest BCUT2D eigenvalue weighted by Gasteiger charge is -2.31. The Bertz CT molecular complexity index is 1110. The highest BCUT2D eigenvalue weighted by atomic mass is 35.5. The van der Waals surface area contributed by atoms with Crippen molar-refractivity contribution >= 4 is 39.1 Å². The molecule has 2 aromatic carbocycles. The van der Waals surface area contributed by atoms with Gasteiger partial charge in [0.05, 0.1) is 11.9 Å². The summed E-state index contributed by atoms with van der Waals surface area (Å²) in [7, 11) is -3.59. The molecule has 0 radical (unpaired) electrons. The summed E-state index contributed by atoms with van der Waals surface area (Å²) in [4.78, 5) is 28.0. The van der Waals surface area contributed by atoms with Gasteiger partial charge in [-0.05, 0) is 49.4 Å². The van der Waals surface area contributed by atoms with Gasteiger partial charge < -0.3 is 10.2 Å². The number of hydrogen-bond acceptors (Lipinski definition) is 4. The summed E-state index contributed by atoms with van der Waals surface area (Å²) in [6.07, 6.45) is 3.87. The molecule has 7 nitrogen and oxygen atoms in total. The second kappa shape index (κ2) is 14.2. The number of carbonyl (C=O) groups excluding carboxylic acids is 2. The summed E-state index contributed by atoms with van der Waals surface area (Å²) in [6.45, 7) is 6.77. The van der Waals surface area contributed by atoms with Crippen molar-refractivity contribution in [1.82, 2.24) is 10.2 Å². The van der Waals surface area contributed by atoms with E-state index in [1.807, 2.05) is 44.2 Å². The van der Waals surface area contributed by atoms with Gasteiger partial charge in [-0.2, -0.15) is 0 Å². The summed E-state index contributed by atoms with van der Waals surface area (Å²) in [5.74, 6) is -0.352. The Kier molecular flexibility index (Phi) is 11.7. The van der Waals surface area contributed by atoms with Crippen molar-refractivity contribution in [2.75, 3.05) is 23.7 Å². The fourth-order valence-corrected chi connectivity index (χ4v) is 5.22. The number of anilines is 1. The molecule has 0 spiro atoms. The van der Waals surface area contributed by atoms with Crippen LogP contribution in [0.5, 0.6) is 0 Å². The van der Waals surface area contributed by atoms with E-state index in [0.29, 0.717) is 36.6 Å². The van der Waals surface area contributed by atoms with Crippen LogP contribution in [0.3, 0.4) is 0 Å². The summed E-state index contributed by atoms with van der Waals surface area (Å²) >= 11 is 6.12. The van der Waals surface area contributed by atoms with E-state index in [9.17, 15) is 18.0 Å². The average Bonchev–Trinajstić information content (AvgIpc) is 2.83. The minimum absolute atomic E-state index is 0.108. The molecule has 2 amide bonds. The molecular formula is C27H38ClN3O4S. The summed E-state index contributed by atoms with van der Waals surface area (Å²) in [5.41, 5.74) is 2.20. The van der Waals surface area contributed by atoms with Crippen molar-refractivity contribution in [1.29, 1.82) is 0 Å². The highest BCUT2D eigenvalue weighted by Gasteiger charge is 2.28. The van der Waals surface area contributed by atoms with E-state index in [4.69, 9.17) is 11.6 Å². The standard InChI is InChI=1S/C27H38ClN3O4S/c1-5-7-17-29-27(33)24(6-2)30(20-22-12-9-8-10-13-22)26(32)14-11-18-31(36(4,34)35)25-19-23(28)16-15-21(25)3/h8-10,12-13,15-16,19,24H,5-7,11,14,17-18,20H2,1-4H3,(H,29,33). The number of unbranched alkanes of at least 4 members (excludes halogenated alkanes) is 1. The Morgan fingerprint density at radius 3 is 2.36 bits per heavy atom. The second-order valence-corrected chi connectivity index (χ2v) is 11.3. The van der Waals surface area contributed by atoms with Gasteiger partial charge in [0.2, 0.25) is 21.8 Å². The van der Waals surface area contributed by atoms with Crippen LogP contribution in [0.4, 0.5) is 5.69 Å². The quantitative estimate of drug-likeness (QED) is 0.348. The molecule has 0 bridgehead atoms. The molecule has 9 heteroatoms. The Balaban J connectivity index is 2.20. The third-order valence-electron chi connectivity index (χ3n) is 6.00. The van der Waals surface area contributed by atoms with Crippen molar-refractivity contribution in [2.24, 2.45) is 0 Å². The monoisotopic (exact) mass is 535 g/mol. The maximum absolute atomic E-state index is 13.4. The predicted molar refractivity (Wildman–Crippen MR) is 147 cm³/mol. The van der Waals surface area contributed by atoms with Gasteiger partial charge in [-0.3, -0.25) is 13.9 Å². The van der Waals surface area contributed by atoms with Crippen molar-refractivity contribution in [2.45, 2.75) is 65.5 Å². The van der Waals surface area contributed by atoms with Gasteiger partial charge in [0, 0.05) is 31.1 Å². The SMILES string of the molecule is CCCCNC(=O)C(CC)N(Cc1ccccc1)C(=O)CCCN(c1cc(Cl)ccc1C)S(C)(=O)=O. The average molecular weight is 536 g/mol. The van der Waals surface area contributed by atoms with Crippen LogP contribution in [0.2, 0.25) is 5.02 Å².